The highest BCUT2D eigenvalue weighted by Crippen LogP contribution is 2.45. The Morgan fingerprint density at radius 1 is 0.733 bits per heavy atom. The lowest BCUT2D eigenvalue weighted by Gasteiger charge is -2.13. The van der Waals surface area contributed by atoms with Gasteiger partial charge in [-0.15, -0.1) is 0 Å². The largest absolute Gasteiger partial charge is 0.186 e. The van der Waals surface area contributed by atoms with Gasteiger partial charge in [0, 0.05) is 4.90 Å². The Labute approximate surface area is 92.3 Å². The third kappa shape index (κ3) is 1.49. The first-order valence-electron chi connectivity index (χ1n) is 5.06. The van der Waals surface area contributed by atoms with E-state index in [2.05, 4.69) is 65.4 Å². The number of fused-ring (bicyclic) bond motifs is 1. The first-order chi connectivity index (χ1) is 7.45. The first-order valence-corrected chi connectivity index (χ1v) is 6.54. The van der Waals surface area contributed by atoms with Crippen LogP contribution in [-0.4, -0.2) is 0 Å². The number of rotatable bonds is 1. The van der Waals surface area contributed by atoms with Crippen LogP contribution in [0.15, 0.2) is 70.3 Å². The quantitative estimate of drug-likeness (QED) is 0.671. The fraction of sp³-hybridized carbons (Fsp3) is 0. The van der Waals surface area contributed by atoms with Crippen molar-refractivity contribution in [1.82, 2.24) is 0 Å². The van der Waals surface area contributed by atoms with Crippen LogP contribution in [0.5, 0.6) is 0 Å². The summed E-state index contributed by atoms with van der Waals surface area (Å²) in [6.45, 7) is 0. The molecular weight excluding hydrogens is 200 g/mol. The second kappa shape index (κ2) is 3.59. The Bertz CT molecular complexity index is 535. The van der Waals surface area contributed by atoms with Gasteiger partial charge in [-0.05, 0) is 27.7 Å². The Balaban J connectivity index is 2.26. The van der Waals surface area contributed by atoms with Crippen molar-refractivity contribution >= 4 is 21.7 Å². The van der Waals surface area contributed by atoms with Crippen molar-refractivity contribution in [2.75, 3.05) is 0 Å². The smallest absolute Gasteiger partial charge is 0.00236 e. The Morgan fingerprint density at radius 3 is 2.33 bits per heavy atom. The molecule has 3 rings (SSSR count). The topological polar surface area (TPSA) is 0 Å². The van der Waals surface area contributed by atoms with Crippen LogP contribution < -0.4 is 0 Å². The molecule has 0 amide bonds. The molecule has 0 bridgehead atoms. The minimum Gasteiger partial charge on any atom is -0.186 e. The van der Waals surface area contributed by atoms with E-state index in [1.807, 2.05) is 0 Å². The van der Waals surface area contributed by atoms with Crippen LogP contribution in [0.2, 0.25) is 0 Å². The maximum atomic E-state index is 2.30. The maximum absolute atomic E-state index is 2.30. The van der Waals surface area contributed by atoms with Crippen LogP contribution >= 0.6 is 10.9 Å². The summed E-state index contributed by atoms with van der Waals surface area (Å²) in [7, 11) is -0.201. The molecule has 0 saturated heterocycles. The molecule has 74 valence electrons. The molecule has 1 heterocycles. The third-order valence-corrected chi connectivity index (χ3v) is 4.58. The van der Waals surface area contributed by atoms with Crippen molar-refractivity contribution in [3.63, 3.8) is 0 Å². The van der Waals surface area contributed by atoms with E-state index in [9.17, 15) is 0 Å². The predicted octanol–water partition coefficient (Wildman–Crippen LogP) is 4.24. The van der Waals surface area contributed by atoms with Crippen molar-refractivity contribution in [2.24, 2.45) is 0 Å². The van der Waals surface area contributed by atoms with E-state index >= 15 is 0 Å². The van der Waals surface area contributed by atoms with E-state index in [-0.39, 0.29) is 10.9 Å². The average Bonchev–Trinajstić information content (AvgIpc) is 2.82. The minimum absolute atomic E-state index is 0.201. The van der Waals surface area contributed by atoms with Crippen molar-refractivity contribution in [1.29, 1.82) is 0 Å². The molecule has 0 N–H and O–H groups in total. The van der Waals surface area contributed by atoms with Gasteiger partial charge < -0.3 is 0 Å². The maximum Gasteiger partial charge on any atom is 0.00236 e. The molecule has 0 spiro atoms. The molecule has 1 aliphatic heterocycles. The van der Waals surface area contributed by atoms with E-state index in [0.29, 0.717) is 0 Å². The van der Waals surface area contributed by atoms with Crippen LogP contribution in [0.4, 0.5) is 0 Å². The molecule has 0 nitrogen and oxygen atoms in total. The molecule has 0 unspecified atom stereocenters. The number of thiol groups is 1. The zero-order valence-electron chi connectivity index (χ0n) is 8.30. The lowest BCUT2D eigenvalue weighted by Crippen LogP contribution is -1.79. The summed E-state index contributed by atoms with van der Waals surface area (Å²) in [6, 6.07) is 15.2. The molecular formula is C14H12S. The van der Waals surface area contributed by atoms with Gasteiger partial charge in [-0.2, -0.15) is 10.9 Å². The molecule has 2 aromatic carbocycles. The summed E-state index contributed by atoms with van der Waals surface area (Å²) in [5.41, 5.74) is 0. The van der Waals surface area contributed by atoms with Gasteiger partial charge in [0.1, 0.15) is 0 Å². The second-order valence-electron chi connectivity index (χ2n) is 3.59. The Hall–Kier alpha value is -1.47. The molecule has 0 aliphatic carbocycles. The molecule has 0 saturated carbocycles. The van der Waals surface area contributed by atoms with Crippen molar-refractivity contribution in [2.45, 2.75) is 4.90 Å². The minimum atomic E-state index is -0.201. The Kier molecular flexibility index (Phi) is 2.11. The van der Waals surface area contributed by atoms with E-state index in [4.69, 9.17) is 0 Å². The summed E-state index contributed by atoms with van der Waals surface area (Å²) in [4.78, 5) is 1.47. The highest BCUT2D eigenvalue weighted by Gasteiger charge is 2.06. The van der Waals surface area contributed by atoms with E-state index in [1.165, 1.54) is 15.7 Å². The van der Waals surface area contributed by atoms with Gasteiger partial charge in [0.05, 0.1) is 0 Å². The van der Waals surface area contributed by atoms with Crippen molar-refractivity contribution < 1.29 is 0 Å². The van der Waals surface area contributed by atoms with Crippen LogP contribution in [0.25, 0.3) is 10.8 Å². The van der Waals surface area contributed by atoms with Crippen LogP contribution in [0, 0.1) is 0 Å². The molecule has 2 aromatic rings. The van der Waals surface area contributed by atoms with Crippen LogP contribution in [0.3, 0.4) is 0 Å². The van der Waals surface area contributed by atoms with Gasteiger partial charge >= 0.3 is 0 Å². The molecule has 0 atom stereocenters. The van der Waals surface area contributed by atoms with Gasteiger partial charge in [0.15, 0.2) is 0 Å². The SMILES string of the molecule is C1=C[SH](c2cccc3ccccc23)C=C1. The van der Waals surface area contributed by atoms with Crippen molar-refractivity contribution in [3.8, 4) is 0 Å². The molecule has 0 aromatic heterocycles. The summed E-state index contributed by atoms with van der Waals surface area (Å²) < 4.78 is 0. The molecule has 0 fully saturated rings. The standard InChI is InChI=1S/C14H12S/c1-2-8-13-12(6-1)7-5-9-14(13)15-10-3-4-11-15/h1-11,15H. The van der Waals surface area contributed by atoms with E-state index in [0.717, 1.165) is 0 Å². The number of hydrogen-bond donors (Lipinski definition) is 1. The molecule has 0 radical (unpaired) electrons. The first kappa shape index (κ1) is 8.81. The van der Waals surface area contributed by atoms with E-state index < -0.39 is 0 Å². The molecule has 15 heavy (non-hydrogen) atoms. The average molecular weight is 212 g/mol. The fourth-order valence-corrected chi connectivity index (χ4v) is 3.66. The summed E-state index contributed by atoms with van der Waals surface area (Å²) in [6.07, 6.45) is 4.29. The number of benzene rings is 2. The summed E-state index contributed by atoms with van der Waals surface area (Å²) >= 11 is 0. The fourth-order valence-electron chi connectivity index (χ4n) is 1.93. The van der Waals surface area contributed by atoms with Gasteiger partial charge in [-0.1, -0.05) is 48.6 Å². The monoisotopic (exact) mass is 212 g/mol. The molecule has 1 aliphatic rings. The normalized spacial score (nSPS) is 16.4. The van der Waals surface area contributed by atoms with Crippen LogP contribution in [-0.2, 0) is 0 Å². The third-order valence-electron chi connectivity index (χ3n) is 2.65. The van der Waals surface area contributed by atoms with Gasteiger partial charge in [-0.3, -0.25) is 0 Å². The molecule has 1 heteroatoms. The summed E-state index contributed by atoms with van der Waals surface area (Å²) in [5.74, 6) is 0. The van der Waals surface area contributed by atoms with Crippen LogP contribution in [0.1, 0.15) is 0 Å². The second-order valence-corrected chi connectivity index (χ2v) is 5.48. The summed E-state index contributed by atoms with van der Waals surface area (Å²) in [5, 5.41) is 7.34. The number of allylic oxidation sites excluding steroid dienone is 2. The van der Waals surface area contributed by atoms with Gasteiger partial charge in [0.25, 0.3) is 0 Å². The van der Waals surface area contributed by atoms with Gasteiger partial charge in [-0.25, -0.2) is 0 Å². The predicted molar refractivity (Wildman–Crippen MR) is 69.5 cm³/mol. The van der Waals surface area contributed by atoms with Crippen molar-refractivity contribution in [3.05, 3.63) is 65.4 Å². The highest BCUT2D eigenvalue weighted by molar-refractivity contribution is 8.22. The van der Waals surface area contributed by atoms with Gasteiger partial charge in [0.2, 0.25) is 0 Å². The zero-order valence-corrected chi connectivity index (χ0v) is 9.19. The zero-order chi connectivity index (χ0) is 10.1. The lowest BCUT2D eigenvalue weighted by molar-refractivity contribution is 1.55. The number of hydrogen-bond acceptors (Lipinski definition) is 0. The lowest BCUT2D eigenvalue weighted by atomic mass is 10.1. The van der Waals surface area contributed by atoms with E-state index in [1.54, 1.807) is 0 Å². The highest BCUT2D eigenvalue weighted by atomic mass is 32.2. The Morgan fingerprint density at radius 2 is 1.47 bits per heavy atom.